The maximum absolute atomic E-state index is 11.7. The van der Waals surface area contributed by atoms with Crippen molar-refractivity contribution in [2.75, 3.05) is 11.5 Å². The van der Waals surface area contributed by atoms with Gasteiger partial charge in [-0.2, -0.15) is 11.8 Å². The van der Waals surface area contributed by atoms with Gasteiger partial charge in [0.05, 0.1) is 23.1 Å². The molecule has 1 heterocycles. The van der Waals surface area contributed by atoms with Crippen molar-refractivity contribution in [1.29, 1.82) is 0 Å². The summed E-state index contributed by atoms with van der Waals surface area (Å²) in [6.07, 6.45) is 1.64. The lowest BCUT2D eigenvalue weighted by atomic mass is 10.1. The molecule has 0 aliphatic heterocycles. The van der Waals surface area contributed by atoms with Crippen LogP contribution in [0, 0.1) is 0 Å². The fraction of sp³-hybridized carbons (Fsp3) is 0.273. The number of hydrogen-bond acceptors (Lipinski definition) is 3. The molecule has 0 radical (unpaired) electrons. The van der Waals surface area contributed by atoms with Crippen LogP contribution in [0.25, 0.3) is 11.0 Å². The molecule has 2 rings (SSSR count). The second-order valence-electron chi connectivity index (χ2n) is 3.19. The van der Waals surface area contributed by atoms with Crippen molar-refractivity contribution in [1.82, 2.24) is 9.97 Å². The van der Waals surface area contributed by atoms with Crippen molar-refractivity contribution in [3.05, 3.63) is 30.1 Å². The van der Waals surface area contributed by atoms with Crippen LogP contribution in [0.1, 0.15) is 17.3 Å². The summed E-state index contributed by atoms with van der Waals surface area (Å²) in [7, 11) is 0. The Balaban J connectivity index is 2.23. The van der Waals surface area contributed by atoms with E-state index in [0.717, 1.165) is 22.3 Å². The molecule has 2 aromatic rings. The van der Waals surface area contributed by atoms with Crippen LogP contribution >= 0.6 is 11.8 Å². The van der Waals surface area contributed by atoms with Crippen molar-refractivity contribution in [3.8, 4) is 0 Å². The first-order chi connectivity index (χ1) is 7.31. The molecular formula is C11H12N2OS. The minimum atomic E-state index is 0.179. The van der Waals surface area contributed by atoms with Gasteiger partial charge in [0.15, 0.2) is 5.78 Å². The zero-order valence-electron chi connectivity index (χ0n) is 8.49. The number of imidazole rings is 1. The summed E-state index contributed by atoms with van der Waals surface area (Å²) < 4.78 is 0. The number of hydrogen-bond donors (Lipinski definition) is 1. The first-order valence-corrected chi connectivity index (χ1v) is 6.01. The molecule has 0 aliphatic carbocycles. The van der Waals surface area contributed by atoms with E-state index in [0.29, 0.717) is 5.75 Å². The molecule has 78 valence electrons. The third-order valence-electron chi connectivity index (χ3n) is 2.18. The van der Waals surface area contributed by atoms with Crippen LogP contribution in [0.5, 0.6) is 0 Å². The Kier molecular flexibility index (Phi) is 3.06. The van der Waals surface area contributed by atoms with Gasteiger partial charge in [-0.1, -0.05) is 6.92 Å². The Morgan fingerprint density at radius 3 is 3.20 bits per heavy atom. The number of aromatic nitrogens is 2. The monoisotopic (exact) mass is 220 g/mol. The summed E-state index contributed by atoms with van der Waals surface area (Å²) in [5.74, 6) is 1.70. The summed E-state index contributed by atoms with van der Waals surface area (Å²) in [5, 5.41) is 0. The lowest BCUT2D eigenvalue weighted by molar-refractivity contribution is 0.102. The smallest absolute Gasteiger partial charge is 0.172 e. The van der Waals surface area contributed by atoms with Gasteiger partial charge in [0, 0.05) is 5.56 Å². The van der Waals surface area contributed by atoms with Gasteiger partial charge in [-0.25, -0.2) is 4.98 Å². The highest BCUT2D eigenvalue weighted by Crippen LogP contribution is 2.13. The third kappa shape index (κ3) is 2.21. The molecule has 0 fully saturated rings. The molecule has 0 saturated heterocycles. The zero-order chi connectivity index (χ0) is 10.7. The number of thioether (sulfide) groups is 1. The summed E-state index contributed by atoms with van der Waals surface area (Å²) >= 11 is 1.64. The number of benzene rings is 1. The summed E-state index contributed by atoms with van der Waals surface area (Å²) in [6.45, 7) is 2.05. The molecule has 0 amide bonds. The molecule has 0 aliphatic rings. The molecule has 0 spiro atoms. The van der Waals surface area contributed by atoms with Gasteiger partial charge in [0.25, 0.3) is 0 Å². The van der Waals surface area contributed by atoms with Crippen LogP contribution in [0.3, 0.4) is 0 Å². The lowest BCUT2D eigenvalue weighted by Crippen LogP contribution is -2.02. The summed E-state index contributed by atoms with van der Waals surface area (Å²) in [6, 6.07) is 5.57. The largest absolute Gasteiger partial charge is 0.345 e. The van der Waals surface area contributed by atoms with Gasteiger partial charge < -0.3 is 4.98 Å². The van der Waals surface area contributed by atoms with Crippen LogP contribution in [0.2, 0.25) is 0 Å². The fourth-order valence-electron chi connectivity index (χ4n) is 1.39. The summed E-state index contributed by atoms with van der Waals surface area (Å²) in [4.78, 5) is 18.8. The van der Waals surface area contributed by atoms with E-state index < -0.39 is 0 Å². The second-order valence-corrected chi connectivity index (χ2v) is 4.47. The predicted octanol–water partition coefficient (Wildman–Crippen LogP) is 2.50. The fourth-order valence-corrected chi connectivity index (χ4v) is 1.94. The topological polar surface area (TPSA) is 45.8 Å². The summed E-state index contributed by atoms with van der Waals surface area (Å²) in [5.41, 5.74) is 2.57. The minimum absolute atomic E-state index is 0.179. The number of ketones is 1. The Labute approximate surface area is 92.3 Å². The number of aromatic amines is 1. The van der Waals surface area contributed by atoms with Gasteiger partial charge in [-0.15, -0.1) is 0 Å². The second kappa shape index (κ2) is 4.49. The van der Waals surface area contributed by atoms with Crippen LogP contribution in [-0.2, 0) is 0 Å². The zero-order valence-corrected chi connectivity index (χ0v) is 9.30. The van der Waals surface area contributed by atoms with Gasteiger partial charge in [0.2, 0.25) is 0 Å². The average molecular weight is 220 g/mol. The van der Waals surface area contributed by atoms with E-state index in [1.54, 1.807) is 18.1 Å². The first-order valence-electron chi connectivity index (χ1n) is 4.85. The quantitative estimate of drug-likeness (QED) is 0.805. The number of Topliss-reactive ketones (excluding diaryl/α,β-unsaturated/α-hetero) is 1. The average Bonchev–Trinajstić information content (AvgIpc) is 2.72. The van der Waals surface area contributed by atoms with E-state index in [2.05, 4.69) is 16.9 Å². The molecule has 4 heteroatoms. The van der Waals surface area contributed by atoms with Gasteiger partial charge in [-0.3, -0.25) is 4.79 Å². The van der Waals surface area contributed by atoms with Crippen molar-refractivity contribution in [2.45, 2.75) is 6.92 Å². The molecule has 3 nitrogen and oxygen atoms in total. The third-order valence-corrected chi connectivity index (χ3v) is 3.05. The molecule has 1 aromatic carbocycles. The maximum atomic E-state index is 11.7. The minimum Gasteiger partial charge on any atom is -0.345 e. The highest BCUT2D eigenvalue weighted by molar-refractivity contribution is 7.99. The van der Waals surface area contributed by atoms with Gasteiger partial charge in [-0.05, 0) is 24.0 Å². The number of fused-ring (bicyclic) bond motifs is 1. The van der Waals surface area contributed by atoms with Gasteiger partial charge >= 0.3 is 0 Å². The standard InChI is InChI=1S/C11H12N2OS/c1-2-15-6-11(14)8-3-4-9-10(5-8)13-7-12-9/h3-5,7H,2,6H2,1H3,(H,12,13). The maximum Gasteiger partial charge on any atom is 0.172 e. The molecule has 0 saturated carbocycles. The van der Waals surface area contributed by atoms with E-state index in [4.69, 9.17) is 0 Å². The van der Waals surface area contributed by atoms with E-state index >= 15 is 0 Å². The predicted molar refractivity (Wildman–Crippen MR) is 63.4 cm³/mol. The van der Waals surface area contributed by atoms with Crippen LogP contribution in [0.15, 0.2) is 24.5 Å². The Hall–Kier alpha value is -1.29. The number of carbonyl (C=O) groups excluding carboxylic acids is 1. The van der Waals surface area contributed by atoms with Crippen molar-refractivity contribution < 1.29 is 4.79 Å². The SMILES string of the molecule is CCSCC(=O)c1ccc2nc[nH]c2c1. The van der Waals surface area contributed by atoms with Crippen LogP contribution in [0.4, 0.5) is 0 Å². The molecule has 1 N–H and O–H groups in total. The molecular weight excluding hydrogens is 208 g/mol. The molecule has 15 heavy (non-hydrogen) atoms. The van der Waals surface area contributed by atoms with Crippen LogP contribution < -0.4 is 0 Å². The van der Waals surface area contributed by atoms with Crippen LogP contribution in [-0.4, -0.2) is 27.3 Å². The van der Waals surface area contributed by atoms with Crippen molar-refractivity contribution in [2.24, 2.45) is 0 Å². The number of rotatable bonds is 4. The number of nitrogens with one attached hydrogen (secondary N) is 1. The van der Waals surface area contributed by atoms with E-state index in [1.165, 1.54) is 0 Å². The Morgan fingerprint density at radius 1 is 1.53 bits per heavy atom. The first kappa shape index (κ1) is 10.2. The normalized spacial score (nSPS) is 10.7. The highest BCUT2D eigenvalue weighted by atomic mass is 32.2. The van der Waals surface area contributed by atoms with Crippen molar-refractivity contribution in [3.63, 3.8) is 0 Å². The van der Waals surface area contributed by atoms with Gasteiger partial charge in [0.1, 0.15) is 0 Å². The molecule has 1 aromatic heterocycles. The number of H-pyrrole nitrogens is 1. The lowest BCUT2D eigenvalue weighted by Gasteiger charge is -1.99. The molecule has 0 bridgehead atoms. The highest BCUT2D eigenvalue weighted by Gasteiger charge is 2.06. The van der Waals surface area contributed by atoms with E-state index in [9.17, 15) is 4.79 Å². The molecule has 0 atom stereocenters. The number of carbonyl (C=O) groups is 1. The Bertz CT molecular complexity index is 478. The number of nitrogens with zero attached hydrogens (tertiary/aromatic N) is 1. The van der Waals surface area contributed by atoms with E-state index in [1.807, 2.05) is 18.2 Å². The van der Waals surface area contributed by atoms with E-state index in [-0.39, 0.29) is 5.78 Å². The Morgan fingerprint density at radius 2 is 2.40 bits per heavy atom. The molecule has 0 unspecified atom stereocenters. The van der Waals surface area contributed by atoms with Crippen molar-refractivity contribution >= 4 is 28.6 Å².